The van der Waals surface area contributed by atoms with Crippen molar-refractivity contribution < 1.29 is 4.79 Å². The molecule has 6 heteroatoms. The Kier molecular flexibility index (Phi) is 4.24. The minimum atomic E-state index is -0.195. The number of anilines is 1. The van der Waals surface area contributed by atoms with Crippen LogP contribution < -0.4 is 10.2 Å². The summed E-state index contributed by atoms with van der Waals surface area (Å²) in [5.74, 6) is 1.11. The first kappa shape index (κ1) is 13.9. The molecule has 0 aliphatic carbocycles. The molecule has 0 unspecified atom stereocenters. The number of pyridine rings is 1. The van der Waals surface area contributed by atoms with Gasteiger partial charge in [-0.05, 0) is 32.0 Å². The van der Waals surface area contributed by atoms with E-state index in [0.717, 1.165) is 5.56 Å². The average molecular weight is 271 g/mol. The lowest BCUT2D eigenvalue weighted by Crippen LogP contribution is -2.41. The fourth-order valence-electron chi connectivity index (χ4n) is 1.62. The Balaban J connectivity index is 2.24. The number of hydrogen-bond donors (Lipinski definition) is 1. The maximum Gasteiger partial charge on any atom is 0.322 e. The van der Waals surface area contributed by atoms with Gasteiger partial charge in [0.05, 0.1) is 0 Å². The van der Waals surface area contributed by atoms with E-state index in [-0.39, 0.29) is 12.1 Å². The normalized spacial score (nSPS) is 10.4. The van der Waals surface area contributed by atoms with Crippen molar-refractivity contribution in [2.75, 3.05) is 11.9 Å². The first-order chi connectivity index (χ1) is 9.58. The number of hydrogen-bond acceptors (Lipinski definition) is 4. The quantitative estimate of drug-likeness (QED) is 0.928. The largest absolute Gasteiger partial charge is 0.335 e. The van der Waals surface area contributed by atoms with Crippen LogP contribution >= 0.6 is 0 Å². The Morgan fingerprint density at radius 1 is 1.20 bits per heavy atom. The third kappa shape index (κ3) is 3.28. The summed E-state index contributed by atoms with van der Waals surface area (Å²) in [6.45, 7) is 3.82. The van der Waals surface area contributed by atoms with Gasteiger partial charge in [-0.1, -0.05) is 0 Å². The predicted molar refractivity (Wildman–Crippen MR) is 77.3 cm³/mol. The van der Waals surface area contributed by atoms with Gasteiger partial charge in [0.15, 0.2) is 5.82 Å². The second-order valence-electron chi connectivity index (χ2n) is 4.64. The highest BCUT2D eigenvalue weighted by atomic mass is 16.2. The van der Waals surface area contributed by atoms with E-state index in [0.29, 0.717) is 11.6 Å². The minimum Gasteiger partial charge on any atom is -0.335 e. The number of rotatable bonds is 3. The Hall–Kier alpha value is -2.50. The zero-order chi connectivity index (χ0) is 14.5. The molecule has 2 amide bonds. The first-order valence-corrected chi connectivity index (χ1v) is 6.35. The molecule has 0 radical (unpaired) electrons. The molecule has 2 rings (SSSR count). The molecule has 0 bridgehead atoms. The zero-order valence-corrected chi connectivity index (χ0v) is 11.7. The average Bonchev–Trinajstić information content (AvgIpc) is 2.47. The Bertz CT molecular complexity index is 585. The van der Waals surface area contributed by atoms with E-state index in [9.17, 15) is 4.79 Å². The maximum atomic E-state index is 11.9. The van der Waals surface area contributed by atoms with E-state index < -0.39 is 0 Å². The predicted octanol–water partition coefficient (Wildman–Crippen LogP) is 2.09. The van der Waals surface area contributed by atoms with Crippen molar-refractivity contribution in [2.24, 2.45) is 0 Å². The second-order valence-corrected chi connectivity index (χ2v) is 4.64. The number of nitrogens with zero attached hydrogens (tertiary/aromatic N) is 4. The Morgan fingerprint density at radius 3 is 2.55 bits per heavy atom. The number of aromatic nitrogens is 3. The molecule has 104 valence electrons. The summed E-state index contributed by atoms with van der Waals surface area (Å²) in [5.41, 5.74) is 0.861. The summed E-state index contributed by atoms with van der Waals surface area (Å²) in [6.07, 6.45) is 5.00. The summed E-state index contributed by atoms with van der Waals surface area (Å²) in [4.78, 5) is 26.0. The molecule has 2 aromatic rings. The van der Waals surface area contributed by atoms with E-state index in [2.05, 4.69) is 20.3 Å². The molecule has 0 saturated carbocycles. The molecular weight excluding hydrogens is 254 g/mol. The van der Waals surface area contributed by atoms with Crippen molar-refractivity contribution in [3.8, 4) is 11.4 Å². The molecule has 0 aromatic carbocycles. The van der Waals surface area contributed by atoms with Crippen molar-refractivity contribution in [2.45, 2.75) is 19.9 Å². The van der Waals surface area contributed by atoms with E-state index in [4.69, 9.17) is 0 Å². The van der Waals surface area contributed by atoms with Gasteiger partial charge in [0, 0.05) is 37.2 Å². The topological polar surface area (TPSA) is 71.0 Å². The van der Waals surface area contributed by atoms with E-state index in [1.54, 1.807) is 31.7 Å². The first-order valence-electron chi connectivity index (χ1n) is 6.35. The van der Waals surface area contributed by atoms with Crippen molar-refractivity contribution >= 4 is 11.8 Å². The molecule has 6 nitrogen and oxygen atoms in total. The van der Waals surface area contributed by atoms with Gasteiger partial charge in [0.25, 0.3) is 0 Å². The lowest BCUT2D eigenvalue weighted by molar-refractivity contribution is 0.245. The molecule has 2 aromatic heterocycles. The van der Waals surface area contributed by atoms with Crippen molar-refractivity contribution in [1.29, 1.82) is 0 Å². The molecule has 20 heavy (non-hydrogen) atoms. The minimum absolute atomic E-state index is 0.0754. The number of nitrogens with one attached hydrogen (secondary N) is 1. The van der Waals surface area contributed by atoms with Crippen molar-refractivity contribution in [3.05, 3.63) is 36.8 Å². The second kappa shape index (κ2) is 6.10. The van der Waals surface area contributed by atoms with Crippen LogP contribution in [0.2, 0.25) is 0 Å². The summed E-state index contributed by atoms with van der Waals surface area (Å²) in [5, 5.41) is 2.82. The zero-order valence-electron chi connectivity index (χ0n) is 11.7. The van der Waals surface area contributed by atoms with Gasteiger partial charge in [-0.15, -0.1) is 0 Å². The van der Waals surface area contributed by atoms with Gasteiger partial charge < -0.3 is 5.32 Å². The van der Waals surface area contributed by atoms with Gasteiger partial charge in [0.1, 0.15) is 5.82 Å². The van der Waals surface area contributed by atoms with Crippen LogP contribution in [0.4, 0.5) is 10.6 Å². The van der Waals surface area contributed by atoms with Crippen molar-refractivity contribution in [3.63, 3.8) is 0 Å². The molecule has 0 fully saturated rings. The van der Waals surface area contributed by atoms with Crippen LogP contribution in [0.1, 0.15) is 13.8 Å². The van der Waals surface area contributed by atoms with Crippen LogP contribution in [0.5, 0.6) is 0 Å². The van der Waals surface area contributed by atoms with E-state index in [1.165, 1.54) is 4.90 Å². The third-order valence-electron chi connectivity index (χ3n) is 2.64. The van der Waals surface area contributed by atoms with Gasteiger partial charge in [-0.2, -0.15) is 0 Å². The summed E-state index contributed by atoms with van der Waals surface area (Å²) in [6, 6.07) is 5.23. The fraction of sp³-hybridized carbons (Fsp3) is 0.286. The molecular formula is C14H17N5O. The Morgan fingerprint density at radius 2 is 1.90 bits per heavy atom. The van der Waals surface area contributed by atoms with Crippen LogP contribution in [0, 0.1) is 0 Å². The molecule has 0 saturated heterocycles. The molecule has 1 N–H and O–H groups in total. The molecule has 0 aliphatic heterocycles. The number of urea groups is 1. The number of carbonyl (C=O) groups is 1. The summed E-state index contributed by atoms with van der Waals surface area (Å²) < 4.78 is 0. The van der Waals surface area contributed by atoms with Crippen molar-refractivity contribution in [1.82, 2.24) is 20.3 Å². The Labute approximate surface area is 117 Å². The standard InChI is InChI=1S/C14H17N5O/c1-10(2)17-14(20)19(3)12-6-9-16-13(18-12)11-4-7-15-8-5-11/h4-10H,1-3H3,(H,17,20). The number of amides is 2. The van der Waals surface area contributed by atoms with Crippen LogP contribution in [0.15, 0.2) is 36.8 Å². The highest BCUT2D eigenvalue weighted by Crippen LogP contribution is 2.16. The lowest BCUT2D eigenvalue weighted by Gasteiger charge is -2.19. The SMILES string of the molecule is CC(C)NC(=O)N(C)c1ccnc(-c2ccncc2)n1. The highest BCUT2D eigenvalue weighted by Gasteiger charge is 2.13. The van der Waals surface area contributed by atoms with Crippen LogP contribution in [-0.4, -0.2) is 34.1 Å². The molecule has 0 aliphatic rings. The van der Waals surface area contributed by atoms with Crippen LogP contribution in [-0.2, 0) is 0 Å². The van der Waals surface area contributed by atoms with Crippen LogP contribution in [0.3, 0.4) is 0 Å². The monoisotopic (exact) mass is 271 g/mol. The molecule has 0 atom stereocenters. The van der Waals surface area contributed by atoms with Gasteiger partial charge >= 0.3 is 6.03 Å². The van der Waals surface area contributed by atoms with E-state index in [1.807, 2.05) is 26.0 Å². The summed E-state index contributed by atoms with van der Waals surface area (Å²) in [7, 11) is 1.68. The van der Waals surface area contributed by atoms with Crippen LogP contribution in [0.25, 0.3) is 11.4 Å². The van der Waals surface area contributed by atoms with Gasteiger partial charge in [-0.3, -0.25) is 9.88 Å². The maximum absolute atomic E-state index is 11.9. The van der Waals surface area contributed by atoms with Gasteiger partial charge in [-0.25, -0.2) is 14.8 Å². The third-order valence-corrected chi connectivity index (χ3v) is 2.64. The highest BCUT2D eigenvalue weighted by molar-refractivity contribution is 5.90. The van der Waals surface area contributed by atoms with E-state index >= 15 is 0 Å². The molecule has 2 heterocycles. The lowest BCUT2D eigenvalue weighted by atomic mass is 10.2. The summed E-state index contributed by atoms with van der Waals surface area (Å²) >= 11 is 0. The smallest absolute Gasteiger partial charge is 0.322 e. The van der Waals surface area contributed by atoms with Gasteiger partial charge in [0.2, 0.25) is 0 Å². The molecule has 0 spiro atoms. The fourth-order valence-corrected chi connectivity index (χ4v) is 1.62. The number of carbonyl (C=O) groups excluding carboxylic acids is 1.